The maximum absolute atomic E-state index is 5.55. The highest BCUT2D eigenvalue weighted by atomic mass is 15.2. The zero-order chi connectivity index (χ0) is 12.2. The highest BCUT2D eigenvalue weighted by Gasteiger charge is 2.05. The molecule has 0 bridgehead atoms. The van der Waals surface area contributed by atoms with Gasteiger partial charge in [-0.2, -0.15) is 0 Å². The van der Waals surface area contributed by atoms with Crippen molar-refractivity contribution in [2.75, 3.05) is 52.4 Å². The van der Waals surface area contributed by atoms with Gasteiger partial charge in [0.2, 0.25) is 0 Å². The highest BCUT2D eigenvalue weighted by Crippen LogP contribution is 1.92. The van der Waals surface area contributed by atoms with E-state index in [9.17, 15) is 0 Å². The van der Waals surface area contributed by atoms with E-state index >= 15 is 0 Å². The van der Waals surface area contributed by atoms with Gasteiger partial charge < -0.3 is 11.5 Å². The molecule has 4 N–H and O–H groups in total. The lowest BCUT2D eigenvalue weighted by atomic mass is 10.4. The predicted octanol–water partition coefficient (Wildman–Crippen LogP) is -0.120. The van der Waals surface area contributed by atoms with Gasteiger partial charge in [0, 0.05) is 52.4 Å². The van der Waals surface area contributed by atoms with Crippen LogP contribution in [0, 0.1) is 0 Å². The van der Waals surface area contributed by atoms with Crippen molar-refractivity contribution >= 4 is 0 Å². The molecule has 0 aromatic carbocycles. The first-order valence-electron chi connectivity index (χ1n) is 5.85. The van der Waals surface area contributed by atoms with Crippen molar-refractivity contribution in [1.29, 1.82) is 0 Å². The summed E-state index contributed by atoms with van der Waals surface area (Å²) in [6.07, 6.45) is 3.83. The van der Waals surface area contributed by atoms with E-state index in [1.807, 2.05) is 12.2 Å². The van der Waals surface area contributed by atoms with E-state index in [1.54, 1.807) is 0 Å². The molecule has 0 saturated heterocycles. The molecule has 16 heavy (non-hydrogen) atoms. The second-order valence-corrected chi connectivity index (χ2v) is 3.76. The molecule has 4 nitrogen and oxygen atoms in total. The summed E-state index contributed by atoms with van der Waals surface area (Å²) in [5.74, 6) is 0. The minimum Gasteiger partial charge on any atom is -0.329 e. The molecule has 0 aliphatic rings. The standard InChI is InChI=1S/C12H26N4/c1-3-7-15(8-4-2)11-12-16(9-5-13)10-6-14/h3-4H,1-2,5-14H2. The third-order valence-corrected chi connectivity index (χ3v) is 2.40. The number of hydrogen-bond donors (Lipinski definition) is 2. The summed E-state index contributed by atoms with van der Waals surface area (Å²) in [5.41, 5.74) is 11.1. The maximum atomic E-state index is 5.55. The fraction of sp³-hybridized carbons (Fsp3) is 0.667. The Labute approximate surface area is 99.6 Å². The van der Waals surface area contributed by atoms with Gasteiger partial charge >= 0.3 is 0 Å². The van der Waals surface area contributed by atoms with E-state index < -0.39 is 0 Å². The van der Waals surface area contributed by atoms with Crippen molar-refractivity contribution in [3.8, 4) is 0 Å². The Kier molecular flexibility index (Phi) is 10.4. The number of hydrogen-bond acceptors (Lipinski definition) is 4. The van der Waals surface area contributed by atoms with Crippen LogP contribution in [0.1, 0.15) is 0 Å². The van der Waals surface area contributed by atoms with E-state index in [-0.39, 0.29) is 0 Å². The zero-order valence-corrected chi connectivity index (χ0v) is 10.3. The van der Waals surface area contributed by atoms with Crippen LogP contribution in [0.4, 0.5) is 0 Å². The summed E-state index contributed by atoms with van der Waals surface area (Å²) in [4.78, 5) is 4.58. The Morgan fingerprint density at radius 2 is 1.19 bits per heavy atom. The average Bonchev–Trinajstić information content (AvgIpc) is 2.27. The lowest BCUT2D eigenvalue weighted by molar-refractivity contribution is 0.232. The molecule has 0 aliphatic carbocycles. The van der Waals surface area contributed by atoms with Gasteiger partial charge in [-0.3, -0.25) is 9.80 Å². The molecule has 0 fully saturated rings. The van der Waals surface area contributed by atoms with Crippen LogP contribution in [0.25, 0.3) is 0 Å². The SMILES string of the molecule is C=CCN(CC=C)CCN(CCN)CCN. The van der Waals surface area contributed by atoms with Gasteiger partial charge in [0.15, 0.2) is 0 Å². The molecular weight excluding hydrogens is 200 g/mol. The fourth-order valence-corrected chi connectivity index (χ4v) is 1.61. The molecule has 0 radical (unpaired) electrons. The van der Waals surface area contributed by atoms with E-state index in [4.69, 9.17) is 11.5 Å². The second kappa shape index (κ2) is 10.8. The number of nitrogens with zero attached hydrogens (tertiary/aromatic N) is 2. The Balaban J connectivity index is 3.91. The van der Waals surface area contributed by atoms with E-state index in [0.29, 0.717) is 13.1 Å². The van der Waals surface area contributed by atoms with Gasteiger partial charge in [-0.15, -0.1) is 13.2 Å². The van der Waals surface area contributed by atoms with Gasteiger partial charge in [-0.25, -0.2) is 0 Å². The second-order valence-electron chi connectivity index (χ2n) is 3.76. The number of rotatable bonds is 11. The zero-order valence-electron chi connectivity index (χ0n) is 10.3. The van der Waals surface area contributed by atoms with Crippen molar-refractivity contribution < 1.29 is 0 Å². The molecule has 0 atom stereocenters. The van der Waals surface area contributed by atoms with Gasteiger partial charge in [0.05, 0.1) is 0 Å². The van der Waals surface area contributed by atoms with Crippen LogP contribution < -0.4 is 11.5 Å². The maximum Gasteiger partial charge on any atom is 0.0164 e. The Morgan fingerprint density at radius 3 is 1.56 bits per heavy atom. The molecule has 0 spiro atoms. The summed E-state index contributed by atoms with van der Waals surface area (Å²) in [7, 11) is 0. The minimum atomic E-state index is 0.683. The molecule has 0 aliphatic heterocycles. The van der Waals surface area contributed by atoms with Crippen molar-refractivity contribution in [1.82, 2.24) is 9.80 Å². The summed E-state index contributed by atoms with van der Waals surface area (Å²) >= 11 is 0. The largest absolute Gasteiger partial charge is 0.329 e. The van der Waals surface area contributed by atoms with Gasteiger partial charge in [-0.1, -0.05) is 12.2 Å². The Hall–Kier alpha value is -0.680. The van der Waals surface area contributed by atoms with Crippen molar-refractivity contribution in [2.24, 2.45) is 11.5 Å². The lowest BCUT2D eigenvalue weighted by Gasteiger charge is -2.25. The molecule has 0 aromatic rings. The molecule has 4 heteroatoms. The van der Waals surface area contributed by atoms with Crippen molar-refractivity contribution in [2.45, 2.75) is 0 Å². The van der Waals surface area contributed by atoms with E-state index in [0.717, 1.165) is 39.3 Å². The van der Waals surface area contributed by atoms with Crippen LogP contribution in [0.2, 0.25) is 0 Å². The molecule has 0 heterocycles. The molecule has 0 unspecified atom stereocenters. The third-order valence-electron chi connectivity index (χ3n) is 2.40. The van der Waals surface area contributed by atoms with Crippen molar-refractivity contribution in [3.05, 3.63) is 25.3 Å². The van der Waals surface area contributed by atoms with Crippen LogP contribution in [0.15, 0.2) is 25.3 Å². The van der Waals surface area contributed by atoms with Gasteiger partial charge in [0.1, 0.15) is 0 Å². The highest BCUT2D eigenvalue weighted by molar-refractivity contribution is 4.80. The van der Waals surface area contributed by atoms with Gasteiger partial charge in [-0.05, 0) is 0 Å². The van der Waals surface area contributed by atoms with Crippen LogP contribution in [0.3, 0.4) is 0 Å². The van der Waals surface area contributed by atoms with E-state index in [2.05, 4.69) is 23.0 Å². The first-order chi connectivity index (χ1) is 7.78. The quantitative estimate of drug-likeness (QED) is 0.482. The first kappa shape index (κ1) is 15.3. The number of nitrogens with two attached hydrogens (primary N) is 2. The Bertz CT molecular complexity index is 166. The smallest absolute Gasteiger partial charge is 0.0164 e. The molecular formula is C12H26N4. The summed E-state index contributed by atoms with van der Waals surface area (Å²) in [6, 6.07) is 0. The summed E-state index contributed by atoms with van der Waals surface area (Å²) in [6.45, 7) is 14.5. The monoisotopic (exact) mass is 226 g/mol. The average molecular weight is 226 g/mol. The van der Waals surface area contributed by atoms with Gasteiger partial charge in [0.25, 0.3) is 0 Å². The van der Waals surface area contributed by atoms with Crippen molar-refractivity contribution in [3.63, 3.8) is 0 Å². The summed E-state index contributed by atoms with van der Waals surface area (Å²) < 4.78 is 0. The third kappa shape index (κ3) is 7.59. The van der Waals surface area contributed by atoms with Crippen LogP contribution in [-0.2, 0) is 0 Å². The molecule has 0 rings (SSSR count). The van der Waals surface area contributed by atoms with E-state index in [1.165, 1.54) is 0 Å². The van der Waals surface area contributed by atoms with Crippen LogP contribution in [0.5, 0.6) is 0 Å². The Morgan fingerprint density at radius 1 is 0.750 bits per heavy atom. The minimum absolute atomic E-state index is 0.683. The fourth-order valence-electron chi connectivity index (χ4n) is 1.61. The predicted molar refractivity (Wildman–Crippen MR) is 71.4 cm³/mol. The van der Waals surface area contributed by atoms with Crippen LogP contribution in [-0.4, -0.2) is 62.2 Å². The topological polar surface area (TPSA) is 58.5 Å². The molecule has 0 saturated carbocycles. The summed E-state index contributed by atoms with van der Waals surface area (Å²) in [5, 5.41) is 0. The molecule has 0 amide bonds. The lowest BCUT2D eigenvalue weighted by Crippen LogP contribution is -2.40. The molecule has 0 aromatic heterocycles. The van der Waals surface area contributed by atoms with Crippen LogP contribution >= 0.6 is 0 Å². The first-order valence-corrected chi connectivity index (χ1v) is 5.85. The normalized spacial score (nSPS) is 11.0. The molecule has 94 valence electrons.